The number of para-hydroxylation sites is 1. The average Bonchev–Trinajstić information content (AvgIpc) is 3.22. The normalized spacial score (nSPS) is 18.5. The van der Waals surface area contributed by atoms with Crippen molar-refractivity contribution in [3.8, 4) is 5.75 Å². The molecule has 0 aliphatic carbocycles. The van der Waals surface area contributed by atoms with Crippen LogP contribution in [0.2, 0.25) is 0 Å². The van der Waals surface area contributed by atoms with Gasteiger partial charge in [-0.3, -0.25) is 4.79 Å². The van der Waals surface area contributed by atoms with E-state index in [2.05, 4.69) is 98.5 Å². The van der Waals surface area contributed by atoms with Crippen LogP contribution in [0.1, 0.15) is 48.3 Å². The lowest BCUT2D eigenvalue weighted by atomic mass is 9.77. The first-order valence-corrected chi connectivity index (χ1v) is 13.8. The molecule has 2 heterocycles. The molecule has 0 radical (unpaired) electrons. The maximum Gasteiger partial charge on any atom is 0.229 e. The van der Waals surface area contributed by atoms with Gasteiger partial charge in [-0.2, -0.15) is 0 Å². The second-order valence-corrected chi connectivity index (χ2v) is 11.1. The lowest BCUT2D eigenvalue weighted by molar-refractivity contribution is -0.138. The lowest BCUT2D eigenvalue weighted by Gasteiger charge is -2.38. The highest BCUT2D eigenvalue weighted by Gasteiger charge is 2.47. The summed E-state index contributed by atoms with van der Waals surface area (Å²) >= 11 is 3.50. The van der Waals surface area contributed by atoms with Crippen LogP contribution in [-0.2, 0) is 11.3 Å². The molecule has 2 aliphatic heterocycles. The van der Waals surface area contributed by atoms with Gasteiger partial charge in [0.2, 0.25) is 5.91 Å². The van der Waals surface area contributed by atoms with Gasteiger partial charge in [0.05, 0.1) is 12.5 Å². The number of halogens is 1. The summed E-state index contributed by atoms with van der Waals surface area (Å²) in [5.41, 5.74) is 3.61. The van der Waals surface area contributed by atoms with E-state index in [9.17, 15) is 4.79 Å². The minimum atomic E-state index is -0.159. The van der Waals surface area contributed by atoms with Crippen molar-refractivity contribution in [1.29, 1.82) is 0 Å². The molecule has 3 aromatic rings. The predicted molar refractivity (Wildman–Crippen MR) is 148 cm³/mol. The van der Waals surface area contributed by atoms with E-state index in [1.807, 2.05) is 6.07 Å². The number of piperidine rings is 1. The second kappa shape index (κ2) is 11.2. The van der Waals surface area contributed by atoms with E-state index >= 15 is 0 Å². The first-order chi connectivity index (χ1) is 17.6. The molecule has 2 saturated heterocycles. The van der Waals surface area contributed by atoms with E-state index in [-0.39, 0.29) is 11.3 Å². The first-order valence-electron chi connectivity index (χ1n) is 13.0. The molecule has 1 amide bonds. The number of hydrogen-bond donors (Lipinski definition) is 0. The zero-order valence-corrected chi connectivity index (χ0v) is 22.6. The van der Waals surface area contributed by atoms with Gasteiger partial charge in [0.1, 0.15) is 5.75 Å². The molecule has 4 nitrogen and oxygen atoms in total. The van der Waals surface area contributed by atoms with E-state index in [0.717, 1.165) is 68.6 Å². The van der Waals surface area contributed by atoms with Crippen LogP contribution in [0.5, 0.6) is 5.75 Å². The maximum absolute atomic E-state index is 13.5. The molecular formula is C31H35BrN2O2. The van der Waals surface area contributed by atoms with Crippen LogP contribution in [0.25, 0.3) is 0 Å². The lowest BCUT2D eigenvalue weighted by Crippen LogP contribution is -2.45. The van der Waals surface area contributed by atoms with Crippen molar-refractivity contribution in [2.75, 3.05) is 33.3 Å². The Hall–Kier alpha value is -2.63. The Morgan fingerprint density at radius 3 is 2.28 bits per heavy atom. The number of carbonyl (C=O) groups is 1. The third-order valence-electron chi connectivity index (χ3n) is 8.15. The zero-order chi connectivity index (χ0) is 25.0. The fourth-order valence-corrected chi connectivity index (χ4v) is 6.24. The Morgan fingerprint density at radius 2 is 1.56 bits per heavy atom. The second-order valence-electron chi connectivity index (χ2n) is 10.2. The number of carbonyl (C=O) groups excluding carboxylic acids is 1. The third kappa shape index (κ3) is 5.37. The molecule has 0 N–H and O–H groups in total. The summed E-state index contributed by atoms with van der Waals surface area (Å²) in [5.74, 6) is 1.60. The Labute approximate surface area is 223 Å². The maximum atomic E-state index is 13.5. The van der Waals surface area contributed by atoms with Crippen molar-refractivity contribution in [1.82, 2.24) is 9.80 Å². The molecule has 188 valence electrons. The van der Waals surface area contributed by atoms with E-state index in [4.69, 9.17) is 4.74 Å². The van der Waals surface area contributed by atoms with Gasteiger partial charge in [0, 0.05) is 29.0 Å². The number of rotatable bonds is 8. The van der Waals surface area contributed by atoms with Gasteiger partial charge in [0.25, 0.3) is 0 Å². The third-order valence-corrected chi connectivity index (χ3v) is 8.68. The molecular weight excluding hydrogens is 512 g/mol. The predicted octanol–water partition coefficient (Wildman–Crippen LogP) is 6.49. The Bertz CT molecular complexity index is 1160. The Kier molecular flexibility index (Phi) is 7.78. The van der Waals surface area contributed by atoms with Crippen LogP contribution in [0.4, 0.5) is 0 Å². The largest absolute Gasteiger partial charge is 0.496 e. The standard InChI is InChI=1S/C31H35BrN2O2/c1-36-29-10-6-5-9-28(29)27(25-7-3-2-4-8-25)15-19-33-20-16-31(17-21-33)18-22-34(30(31)35)23-24-11-13-26(32)14-12-24/h2-14,27H,15-23H2,1H3. The van der Waals surface area contributed by atoms with Gasteiger partial charge in [-0.25, -0.2) is 0 Å². The Morgan fingerprint density at radius 1 is 0.889 bits per heavy atom. The summed E-state index contributed by atoms with van der Waals surface area (Å²) in [6, 6.07) is 27.5. The van der Waals surface area contributed by atoms with E-state index < -0.39 is 0 Å². The SMILES string of the molecule is COc1ccccc1C(CCN1CCC2(CC1)CCN(Cc1ccc(Br)cc1)C2=O)c1ccccc1. The van der Waals surface area contributed by atoms with Crippen LogP contribution in [-0.4, -0.2) is 49.0 Å². The van der Waals surface area contributed by atoms with Crippen LogP contribution in [0.3, 0.4) is 0 Å². The number of amides is 1. The topological polar surface area (TPSA) is 32.8 Å². The number of benzene rings is 3. The van der Waals surface area contributed by atoms with Crippen LogP contribution >= 0.6 is 15.9 Å². The summed E-state index contributed by atoms with van der Waals surface area (Å²) in [7, 11) is 1.75. The number of nitrogens with zero attached hydrogens (tertiary/aromatic N) is 2. The van der Waals surface area contributed by atoms with Crippen molar-refractivity contribution < 1.29 is 9.53 Å². The van der Waals surface area contributed by atoms with Crippen molar-refractivity contribution >= 4 is 21.8 Å². The minimum absolute atomic E-state index is 0.159. The number of likely N-dealkylation sites (tertiary alicyclic amines) is 2. The summed E-state index contributed by atoms with van der Waals surface area (Å²) in [5, 5.41) is 0. The zero-order valence-electron chi connectivity index (χ0n) is 21.0. The van der Waals surface area contributed by atoms with Gasteiger partial charge in [0.15, 0.2) is 0 Å². The van der Waals surface area contributed by atoms with Gasteiger partial charge in [-0.05, 0) is 74.6 Å². The molecule has 0 bridgehead atoms. The molecule has 2 fully saturated rings. The molecule has 0 saturated carbocycles. The fourth-order valence-electron chi connectivity index (χ4n) is 5.98. The minimum Gasteiger partial charge on any atom is -0.496 e. The fraction of sp³-hybridized carbons (Fsp3) is 0.387. The highest BCUT2D eigenvalue weighted by Crippen LogP contribution is 2.42. The smallest absolute Gasteiger partial charge is 0.229 e. The van der Waals surface area contributed by atoms with E-state index in [0.29, 0.717) is 5.91 Å². The van der Waals surface area contributed by atoms with Crippen LogP contribution in [0.15, 0.2) is 83.3 Å². The van der Waals surface area contributed by atoms with Crippen molar-refractivity contribution in [2.45, 2.75) is 38.1 Å². The molecule has 1 unspecified atom stereocenters. The van der Waals surface area contributed by atoms with Crippen molar-refractivity contribution in [3.63, 3.8) is 0 Å². The van der Waals surface area contributed by atoms with Gasteiger partial charge in [-0.1, -0.05) is 76.6 Å². The molecule has 3 aromatic carbocycles. The average molecular weight is 548 g/mol. The highest BCUT2D eigenvalue weighted by molar-refractivity contribution is 9.10. The summed E-state index contributed by atoms with van der Waals surface area (Å²) < 4.78 is 6.79. The van der Waals surface area contributed by atoms with Crippen LogP contribution < -0.4 is 4.74 Å². The molecule has 5 rings (SSSR count). The van der Waals surface area contributed by atoms with Crippen LogP contribution in [0, 0.1) is 5.41 Å². The van der Waals surface area contributed by atoms with Crippen molar-refractivity contribution in [2.24, 2.45) is 5.41 Å². The molecule has 2 aliphatic rings. The summed E-state index contributed by atoms with van der Waals surface area (Å²) in [6.45, 7) is 4.59. The summed E-state index contributed by atoms with van der Waals surface area (Å²) in [4.78, 5) is 18.1. The number of hydrogen-bond acceptors (Lipinski definition) is 3. The number of ether oxygens (including phenoxy) is 1. The van der Waals surface area contributed by atoms with Crippen molar-refractivity contribution in [3.05, 3.63) is 100 Å². The number of methoxy groups -OCH3 is 1. The van der Waals surface area contributed by atoms with Gasteiger partial charge < -0.3 is 14.5 Å². The van der Waals surface area contributed by atoms with Gasteiger partial charge >= 0.3 is 0 Å². The van der Waals surface area contributed by atoms with E-state index in [1.165, 1.54) is 16.7 Å². The highest BCUT2D eigenvalue weighted by atomic mass is 79.9. The quantitative estimate of drug-likeness (QED) is 0.323. The molecule has 36 heavy (non-hydrogen) atoms. The van der Waals surface area contributed by atoms with E-state index in [1.54, 1.807) is 7.11 Å². The molecule has 5 heteroatoms. The molecule has 0 aromatic heterocycles. The monoisotopic (exact) mass is 546 g/mol. The first kappa shape index (κ1) is 25.0. The molecule has 1 atom stereocenters. The summed E-state index contributed by atoms with van der Waals surface area (Å²) in [6.07, 6.45) is 3.95. The Balaban J connectivity index is 1.21. The van der Waals surface area contributed by atoms with Gasteiger partial charge in [-0.15, -0.1) is 0 Å². The molecule has 1 spiro atoms.